The molecule has 0 fully saturated rings. The number of H-pyrrole nitrogens is 1. The van der Waals surface area contributed by atoms with E-state index in [9.17, 15) is 4.79 Å². The van der Waals surface area contributed by atoms with Crippen LogP contribution in [0.1, 0.15) is 23.8 Å². The third kappa shape index (κ3) is 3.68. The highest BCUT2D eigenvalue weighted by molar-refractivity contribution is 7.18. The third-order valence-electron chi connectivity index (χ3n) is 5.13. The number of hydrogen-bond donors (Lipinski definition) is 2. The minimum absolute atomic E-state index is 0.166. The van der Waals surface area contributed by atoms with Crippen LogP contribution in [0.5, 0.6) is 11.5 Å². The number of rotatable bonds is 6. The molecule has 29 heavy (non-hydrogen) atoms. The van der Waals surface area contributed by atoms with E-state index in [1.807, 2.05) is 18.2 Å². The van der Waals surface area contributed by atoms with Gasteiger partial charge in [-0.1, -0.05) is 12.1 Å². The molecule has 2 aromatic carbocycles. The zero-order valence-corrected chi connectivity index (χ0v) is 17.6. The van der Waals surface area contributed by atoms with Crippen LogP contribution < -0.4 is 19.9 Å². The van der Waals surface area contributed by atoms with Gasteiger partial charge in [-0.3, -0.25) is 4.79 Å². The zero-order chi connectivity index (χ0) is 20.5. The lowest BCUT2D eigenvalue weighted by Crippen LogP contribution is -3.07. The maximum Gasteiger partial charge on any atom is 0.259 e. The number of aromatic nitrogens is 3. The highest BCUT2D eigenvalue weighted by Crippen LogP contribution is 2.30. The second kappa shape index (κ2) is 7.81. The molecular weight excluding hydrogens is 388 g/mol. The molecule has 0 aliphatic carbocycles. The van der Waals surface area contributed by atoms with E-state index >= 15 is 0 Å². The monoisotopic (exact) mass is 411 g/mol. The number of thiazole rings is 1. The van der Waals surface area contributed by atoms with Crippen LogP contribution in [-0.2, 0) is 6.54 Å². The number of quaternary nitrogens is 1. The Labute approximate surface area is 171 Å². The summed E-state index contributed by atoms with van der Waals surface area (Å²) >= 11 is 1.70. The minimum Gasteiger partial charge on any atom is -0.493 e. The highest BCUT2D eigenvalue weighted by atomic mass is 32.1. The molecule has 0 aliphatic rings. The minimum atomic E-state index is -0.189. The lowest BCUT2D eigenvalue weighted by atomic mass is 10.2. The molecule has 150 valence electrons. The van der Waals surface area contributed by atoms with Gasteiger partial charge in [-0.2, -0.15) is 0 Å². The second-order valence-electron chi connectivity index (χ2n) is 7.00. The highest BCUT2D eigenvalue weighted by Gasteiger charge is 2.21. The molecule has 0 saturated carbocycles. The second-order valence-corrected chi connectivity index (χ2v) is 8.06. The number of hydrogen-bond acceptors (Lipinski definition) is 6. The molecule has 2 atom stereocenters. The van der Waals surface area contributed by atoms with Crippen molar-refractivity contribution in [3.8, 4) is 11.5 Å². The first-order valence-corrected chi connectivity index (χ1v) is 10.1. The van der Waals surface area contributed by atoms with Gasteiger partial charge in [0.2, 0.25) is 0 Å². The predicted octanol–water partition coefficient (Wildman–Crippen LogP) is 2.33. The Morgan fingerprint density at radius 1 is 1.10 bits per heavy atom. The van der Waals surface area contributed by atoms with Crippen molar-refractivity contribution in [1.82, 2.24) is 15.0 Å². The summed E-state index contributed by atoms with van der Waals surface area (Å²) in [5.41, 5.74) is 1.42. The average Bonchev–Trinajstić information content (AvgIpc) is 3.16. The van der Waals surface area contributed by atoms with Gasteiger partial charge in [-0.25, -0.2) is 9.97 Å². The summed E-state index contributed by atoms with van der Waals surface area (Å²) in [4.78, 5) is 26.1. The van der Waals surface area contributed by atoms with Crippen molar-refractivity contribution in [3.63, 3.8) is 0 Å². The van der Waals surface area contributed by atoms with Crippen LogP contribution in [-0.4, -0.2) is 36.2 Å². The number of para-hydroxylation sites is 1. The lowest BCUT2D eigenvalue weighted by molar-refractivity contribution is -0.924. The molecule has 8 heteroatoms. The number of nitrogens with one attached hydrogen (secondary N) is 2. The summed E-state index contributed by atoms with van der Waals surface area (Å²) in [6.07, 6.45) is 0. The molecule has 0 spiro atoms. The van der Waals surface area contributed by atoms with Crippen LogP contribution in [0.2, 0.25) is 0 Å². The number of methoxy groups -OCH3 is 2. The summed E-state index contributed by atoms with van der Waals surface area (Å²) in [6.45, 7) is 2.71. The van der Waals surface area contributed by atoms with E-state index in [2.05, 4.69) is 30.0 Å². The molecule has 2 N–H and O–H groups in total. The van der Waals surface area contributed by atoms with E-state index in [4.69, 9.17) is 14.5 Å². The number of ether oxygens (including phenoxy) is 2. The van der Waals surface area contributed by atoms with Crippen LogP contribution in [0, 0.1) is 0 Å². The molecule has 0 saturated heterocycles. The maximum atomic E-state index is 12.6. The molecule has 7 nitrogen and oxygen atoms in total. The van der Waals surface area contributed by atoms with E-state index < -0.39 is 0 Å². The van der Waals surface area contributed by atoms with Gasteiger partial charge < -0.3 is 19.4 Å². The van der Waals surface area contributed by atoms with Crippen LogP contribution in [0.4, 0.5) is 0 Å². The normalized spacial score (nSPS) is 13.5. The summed E-state index contributed by atoms with van der Waals surface area (Å²) in [5, 5.41) is 1.54. The van der Waals surface area contributed by atoms with Gasteiger partial charge in [0.15, 0.2) is 22.3 Å². The molecule has 1 unspecified atom stereocenters. The molecule has 4 aromatic rings. The molecule has 2 aromatic heterocycles. The number of benzene rings is 2. The average molecular weight is 412 g/mol. The van der Waals surface area contributed by atoms with Crippen molar-refractivity contribution < 1.29 is 14.4 Å². The Morgan fingerprint density at radius 3 is 2.55 bits per heavy atom. The summed E-state index contributed by atoms with van der Waals surface area (Å²) in [5.74, 6) is 1.68. The van der Waals surface area contributed by atoms with Crippen molar-refractivity contribution in [3.05, 3.63) is 57.6 Å². The molecule has 0 amide bonds. The van der Waals surface area contributed by atoms with Gasteiger partial charge in [0, 0.05) is 6.07 Å². The molecule has 0 radical (unpaired) electrons. The fraction of sp³-hybridized carbons (Fsp3) is 0.286. The first kappa shape index (κ1) is 19.4. The van der Waals surface area contributed by atoms with Gasteiger partial charge in [-0.05, 0) is 25.1 Å². The van der Waals surface area contributed by atoms with Crippen molar-refractivity contribution >= 4 is 32.5 Å². The molecular formula is C21H23N4O3S+. The number of fused-ring (bicyclic) bond motifs is 2. The van der Waals surface area contributed by atoms with E-state index in [0.29, 0.717) is 34.8 Å². The SMILES string of the molecule is COc1cc2nc(C[NH+](C)[C@@H](C)c3nc4ccccc4s3)[nH]c(=O)c2cc1OC. The van der Waals surface area contributed by atoms with Crippen molar-refractivity contribution in [2.24, 2.45) is 0 Å². The standard InChI is InChI=1S/C21H22N4O3S/c1-12(21-23-14-7-5-6-8-18(14)29-21)25(2)11-19-22-15-10-17(28-4)16(27-3)9-13(15)20(26)24-19/h5-10,12H,11H2,1-4H3,(H,22,24,26)/p+1/t12-/m0/s1. The fourth-order valence-corrected chi connectivity index (χ4v) is 4.41. The molecule has 0 aliphatic heterocycles. The van der Waals surface area contributed by atoms with E-state index in [1.54, 1.807) is 37.7 Å². The molecule has 2 heterocycles. The smallest absolute Gasteiger partial charge is 0.259 e. The van der Waals surface area contributed by atoms with E-state index in [1.165, 1.54) is 9.60 Å². The molecule has 0 bridgehead atoms. The van der Waals surface area contributed by atoms with Crippen LogP contribution in [0.3, 0.4) is 0 Å². The Bertz CT molecular complexity index is 1200. The van der Waals surface area contributed by atoms with Gasteiger partial charge in [0.05, 0.1) is 42.4 Å². The van der Waals surface area contributed by atoms with Gasteiger partial charge in [-0.15, -0.1) is 11.3 Å². The van der Waals surface area contributed by atoms with E-state index in [0.717, 1.165) is 10.5 Å². The topological polar surface area (TPSA) is 81.5 Å². The Balaban J connectivity index is 1.63. The first-order chi connectivity index (χ1) is 14.0. The Kier molecular flexibility index (Phi) is 5.21. The van der Waals surface area contributed by atoms with Crippen LogP contribution in [0.25, 0.3) is 21.1 Å². The van der Waals surface area contributed by atoms with Gasteiger partial charge >= 0.3 is 0 Å². The van der Waals surface area contributed by atoms with Crippen molar-refractivity contribution in [2.75, 3.05) is 21.3 Å². The lowest BCUT2D eigenvalue weighted by Gasteiger charge is -2.19. The first-order valence-electron chi connectivity index (χ1n) is 9.33. The summed E-state index contributed by atoms with van der Waals surface area (Å²) < 4.78 is 11.8. The van der Waals surface area contributed by atoms with E-state index in [-0.39, 0.29) is 11.6 Å². The predicted molar refractivity (Wildman–Crippen MR) is 114 cm³/mol. The Morgan fingerprint density at radius 2 is 1.83 bits per heavy atom. The Hall–Kier alpha value is -2.97. The third-order valence-corrected chi connectivity index (χ3v) is 6.35. The zero-order valence-electron chi connectivity index (χ0n) is 16.8. The quantitative estimate of drug-likeness (QED) is 0.509. The van der Waals surface area contributed by atoms with Gasteiger partial charge in [0.1, 0.15) is 12.6 Å². The summed E-state index contributed by atoms with van der Waals surface area (Å²) in [6, 6.07) is 11.7. The van der Waals surface area contributed by atoms with Crippen molar-refractivity contribution in [2.45, 2.75) is 19.5 Å². The molecule has 4 rings (SSSR count). The van der Waals surface area contributed by atoms with Crippen LogP contribution >= 0.6 is 11.3 Å². The largest absolute Gasteiger partial charge is 0.493 e. The fourth-order valence-electron chi connectivity index (χ4n) is 3.30. The number of aromatic amines is 1. The van der Waals surface area contributed by atoms with Crippen molar-refractivity contribution in [1.29, 1.82) is 0 Å². The number of nitrogens with zero attached hydrogens (tertiary/aromatic N) is 2. The van der Waals surface area contributed by atoms with Crippen LogP contribution in [0.15, 0.2) is 41.2 Å². The maximum absolute atomic E-state index is 12.6. The summed E-state index contributed by atoms with van der Waals surface area (Å²) in [7, 11) is 5.19. The van der Waals surface area contributed by atoms with Gasteiger partial charge in [0.25, 0.3) is 5.56 Å².